The van der Waals surface area contributed by atoms with Gasteiger partial charge in [-0.1, -0.05) is 40.2 Å². The molecular weight excluding hydrogens is 370 g/mol. The number of likely N-dealkylation sites (N-methyl/N-ethyl adjacent to an activating group) is 1. The normalized spacial score (nSPS) is 14.8. The van der Waals surface area contributed by atoms with Gasteiger partial charge in [-0.05, 0) is 24.3 Å². The van der Waals surface area contributed by atoms with Crippen molar-refractivity contribution in [2.75, 3.05) is 30.4 Å². The first-order valence-corrected chi connectivity index (χ1v) is 8.57. The number of amides is 2. The number of rotatable bonds is 4. The summed E-state index contributed by atoms with van der Waals surface area (Å²) in [5.74, 6) is -0.209. The molecule has 0 spiro atoms. The summed E-state index contributed by atoms with van der Waals surface area (Å²) in [4.78, 5) is 27.2. The van der Waals surface area contributed by atoms with Gasteiger partial charge in [0.1, 0.15) is 13.1 Å². The highest BCUT2D eigenvalue weighted by Crippen LogP contribution is 2.28. The number of carbonyl (C=O) groups is 2. The van der Waals surface area contributed by atoms with Crippen LogP contribution in [0.3, 0.4) is 0 Å². The Morgan fingerprint density at radius 1 is 1.21 bits per heavy atom. The first-order chi connectivity index (χ1) is 11.5. The van der Waals surface area contributed by atoms with Crippen molar-refractivity contribution in [2.45, 2.75) is 6.54 Å². The molecule has 2 aromatic rings. The summed E-state index contributed by atoms with van der Waals surface area (Å²) in [6.07, 6.45) is 0. The Morgan fingerprint density at radius 2 is 1.92 bits per heavy atom. The van der Waals surface area contributed by atoms with Gasteiger partial charge < -0.3 is 10.2 Å². The third-order valence-corrected chi connectivity index (χ3v) is 4.47. The second-order valence-corrected chi connectivity index (χ2v) is 6.90. The number of hydrogen-bond donors (Lipinski definition) is 2. The molecule has 0 aliphatic carbocycles. The Morgan fingerprint density at radius 3 is 2.67 bits per heavy atom. The van der Waals surface area contributed by atoms with E-state index in [0.29, 0.717) is 12.2 Å². The Kier molecular flexibility index (Phi) is 4.97. The molecule has 0 fully saturated rings. The molecule has 1 unspecified atom stereocenters. The van der Waals surface area contributed by atoms with Gasteiger partial charge in [-0.25, -0.2) is 0 Å². The molecule has 3 rings (SSSR count). The van der Waals surface area contributed by atoms with Crippen molar-refractivity contribution >= 4 is 39.1 Å². The molecule has 1 atom stereocenters. The molecule has 1 heterocycles. The van der Waals surface area contributed by atoms with E-state index in [1.165, 1.54) is 5.56 Å². The molecule has 0 saturated carbocycles. The van der Waals surface area contributed by atoms with Gasteiger partial charge in [-0.3, -0.25) is 14.5 Å². The fourth-order valence-electron chi connectivity index (χ4n) is 2.82. The number of halogens is 1. The van der Waals surface area contributed by atoms with Crippen LogP contribution in [0.2, 0.25) is 0 Å². The maximum absolute atomic E-state index is 12.7. The summed E-state index contributed by atoms with van der Waals surface area (Å²) >= 11 is 3.42. The lowest BCUT2D eigenvalue weighted by molar-refractivity contribution is -0.885. The zero-order chi connectivity index (χ0) is 17.1. The molecule has 0 saturated heterocycles. The second-order valence-electron chi connectivity index (χ2n) is 5.98. The third-order valence-electron chi connectivity index (χ3n) is 3.94. The van der Waals surface area contributed by atoms with Crippen LogP contribution >= 0.6 is 15.9 Å². The SMILES string of the molecule is C[NH+](CC(=O)N1CC(=O)Nc2ccccc21)Cc1ccc(Br)cc1. The van der Waals surface area contributed by atoms with Crippen LogP contribution in [0.25, 0.3) is 0 Å². The summed E-state index contributed by atoms with van der Waals surface area (Å²) in [6, 6.07) is 15.5. The molecule has 1 aliphatic heterocycles. The molecule has 2 N–H and O–H groups in total. The van der Waals surface area contributed by atoms with Crippen molar-refractivity contribution < 1.29 is 14.5 Å². The zero-order valence-electron chi connectivity index (χ0n) is 13.4. The van der Waals surface area contributed by atoms with Gasteiger partial charge in [-0.15, -0.1) is 0 Å². The molecule has 1 aliphatic rings. The van der Waals surface area contributed by atoms with Crippen molar-refractivity contribution in [3.63, 3.8) is 0 Å². The average Bonchev–Trinajstić information content (AvgIpc) is 2.56. The molecule has 0 bridgehead atoms. The number of benzene rings is 2. The quantitative estimate of drug-likeness (QED) is 0.832. The standard InChI is InChI=1S/C18H18BrN3O2/c1-21(10-13-6-8-14(19)9-7-13)12-18(24)22-11-17(23)20-15-4-2-3-5-16(15)22/h2-9H,10-12H2,1H3,(H,20,23)/p+1. The molecule has 5 nitrogen and oxygen atoms in total. The van der Waals surface area contributed by atoms with E-state index in [2.05, 4.69) is 21.2 Å². The smallest absolute Gasteiger partial charge is 0.282 e. The van der Waals surface area contributed by atoms with Gasteiger partial charge in [0.2, 0.25) is 5.91 Å². The maximum Gasteiger partial charge on any atom is 0.282 e. The number of quaternary nitrogens is 1. The van der Waals surface area contributed by atoms with Crippen molar-refractivity contribution in [3.8, 4) is 0 Å². The number of para-hydroxylation sites is 2. The lowest BCUT2D eigenvalue weighted by Gasteiger charge is -2.29. The monoisotopic (exact) mass is 388 g/mol. The molecule has 2 amide bonds. The van der Waals surface area contributed by atoms with Crippen molar-refractivity contribution in [1.82, 2.24) is 0 Å². The highest BCUT2D eigenvalue weighted by Gasteiger charge is 2.28. The topological polar surface area (TPSA) is 53.9 Å². The van der Waals surface area contributed by atoms with Crippen LogP contribution in [0.15, 0.2) is 53.0 Å². The van der Waals surface area contributed by atoms with Crippen LogP contribution in [0, 0.1) is 0 Å². The molecule has 2 aromatic carbocycles. The number of anilines is 2. The lowest BCUT2D eigenvalue weighted by Crippen LogP contribution is -3.09. The first-order valence-electron chi connectivity index (χ1n) is 7.78. The molecular formula is C18H19BrN3O2+. The largest absolute Gasteiger partial charge is 0.326 e. The zero-order valence-corrected chi connectivity index (χ0v) is 15.0. The van der Waals surface area contributed by atoms with E-state index in [9.17, 15) is 9.59 Å². The van der Waals surface area contributed by atoms with Gasteiger partial charge >= 0.3 is 0 Å². The predicted molar refractivity (Wildman–Crippen MR) is 97.0 cm³/mol. The van der Waals surface area contributed by atoms with Crippen LogP contribution in [0.5, 0.6) is 0 Å². The second kappa shape index (κ2) is 7.15. The van der Waals surface area contributed by atoms with E-state index >= 15 is 0 Å². The molecule has 0 radical (unpaired) electrons. The van der Waals surface area contributed by atoms with Crippen LogP contribution in [0.1, 0.15) is 5.56 Å². The predicted octanol–water partition coefficient (Wildman–Crippen LogP) is 1.45. The number of nitrogens with zero attached hydrogens (tertiary/aromatic N) is 1. The van der Waals surface area contributed by atoms with Crippen LogP contribution in [-0.2, 0) is 16.1 Å². The minimum absolute atomic E-state index is 0.0492. The van der Waals surface area contributed by atoms with Crippen LogP contribution in [-0.4, -0.2) is 32.0 Å². The van der Waals surface area contributed by atoms with Crippen LogP contribution in [0.4, 0.5) is 11.4 Å². The highest BCUT2D eigenvalue weighted by molar-refractivity contribution is 9.10. The van der Waals surface area contributed by atoms with E-state index in [0.717, 1.165) is 21.6 Å². The molecule has 24 heavy (non-hydrogen) atoms. The van der Waals surface area contributed by atoms with Gasteiger partial charge in [0, 0.05) is 10.0 Å². The highest BCUT2D eigenvalue weighted by atomic mass is 79.9. The minimum atomic E-state index is -0.160. The Hall–Kier alpha value is -2.18. The lowest BCUT2D eigenvalue weighted by atomic mass is 10.2. The summed E-state index contributed by atoms with van der Waals surface area (Å²) in [5, 5.41) is 2.80. The van der Waals surface area contributed by atoms with E-state index < -0.39 is 0 Å². The van der Waals surface area contributed by atoms with Gasteiger partial charge in [-0.2, -0.15) is 0 Å². The number of hydrogen-bond acceptors (Lipinski definition) is 2. The summed E-state index contributed by atoms with van der Waals surface area (Å²) in [6.45, 7) is 1.15. The van der Waals surface area contributed by atoms with E-state index in [4.69, 9.17) is 0 Å². The summed E-state index contributed by atoms with van der Waals surface area (Å²) in [7, 11) is 1.98. The number of nitrogens with one attached hydrogen (secondary N) is 2. The van der Waals surface area contributed by atoms with Gasteiger partial charge in [0.25, 0.3) is 5.91 Å². The van der Waals surface area contributed by atoms with Crippen LogP contribution < -0.4 is 15.1 Å². The molecule has 124 valence electrons. The van der Waals surface area contributed by atoms with Crippen molar-refractivity contribution in [2.24, 2.45) is 0 Å². The fraction of sp³-hybridized carbons (Fsp3) is 0.222. The maximum atomic E-state index is 12.7. The van der Waals surface area contributed by atoms with Gasteiger partial charge in [0.05, 0.1) is 18.4 Å². The first kappa shape index (κ1) is 16.7. The van der Waals surface area contributed by atoms with E-state index in [1.807, 2.05) is 55.6 Å². The van der Waals surface area contributed by atoms with Crippen molar-refractivity contribution in [3.05, 3.63) is 58.6 Å². The molecule has 0 aromatic heterocycles. The van der Waals surface area contributed by atoms with Crippen molar-refractivity contribution in [1.29, 1.82) is 0 Å². The third kappa shape index (κ3) is 3.83. The number of fused-ring (bicyclic) bond motifs is 1. The van der Waals surface area contributed by atoms with E-state index in [1.54, 1.807) is 4.90 Å². The summed E-state index contributed by atoms with van der Waals surface area (Å²) < 4.78 is 1.04. The Balaban J connectivity index is 1.68. The van der Waals surface area contributed by atoms with E-state index in [-0.39, 0.29) is 18.4 Å². The fourth-order valence-corrected chi connectivity index (χ4v) is 3.09. The Labute approximate surface area is 149 Å². The average molecular weight is 389 g/mol. The molecule has 6 heteroatoms. The minimum Gasteiger partial charge on any atom is -0.326 e. The van der Waals surface area contributed by atoms with Gasteiger partial charge in [0.15, 0.2) is 6.54 Å². The Bertz CT molecular complexity index is 761. The number of carbonyl (C=O) groups excluding carboxylic acids is 2. The summed E-state index contributed by atoms with van der Waals surface area (Å²) in [5.41, 5.74) is 2.62.